The van der Waals surface area contributed by atoms with Crippen molar-refractivity contribution in [2.24, 2.45) is 7.05 Å². The summed E-state index contributed by atoms with van der Waals surface area (Å²) in [6.45, 7) is 0. The molecule has 0 saturated heterocycles. The molecule has 0 radical (unpaired) electrons. The van der Waals surface area contributed by atoms with E-state index in [2.05, 4.69) is 10.2 Å². The van der Waals surface area contributed by atoms with Crippen LogP contribution in [0, 0.1) is 10.1 Å². The molecule has 21 heavy (non-hydrogen) atoms. The first kappa shape index (κ1) is 16.1. The minimum atomic E-state index is -0.476. The van der Waals surface area contributed by atoms with Crippen molar-refractivity contribution >= 4 is 40.7 Å². The largest absolute Gasteiger partial charge is 0.305 e. The topological polar surface area (TPSA) is 73.8 Å². The average Bonchev–Trinajstić information content (AvgIpc) is 2.80. The lowest BCUT2D eigenvalue weighted by atomic mass is 10.1. The Morgan fingerprint density at radius 1 is 1.43 bits per heavy atom. The zero-order chi connectivity index (χ0) is 15.4. The second kappa shape index (κ2) is 7.11. The van der Waals surface area contributed by atoms with Crippen molar-refractivity contribution in [3.8, 4) is 11.4 Å². The van der Waals surface area contributed by atoms with E-state index in [1.807, 2.05) is 0 Å². The summed E-state index contributed by atoms with van der Waals surface area (Å²) in [6, 6.07) is 4.49. The van der Waals surface area contributed by atoms with Gasteiger partial charge in [0.15, 0.2) is 11.0 Å². The summed E-state index contributed by atoms with van der Waals surface area (Å²) in [7, 11) is 1.77. The van der Waals surface area contributed by atoms with E-state index >= 15 is 0 Å². The number of thioether (sulfide) groups is 1. The van der Waals surface area contributed by atoms with E-state index in [4.69, 9.17) is 23.2 Å². The van der Waals surface area contributed by atoms with Crippen LogP contribution in [0.5, 0.6) is 0 Å². The number of halogens is 2. The molecule has 1 heterocycles. The van der Waals surface area contributed by atoms with Gasteiger partial charge in [-0.3, -0.25) is 10.1 Å². The van der Waals surface area contributed by atoms with Crippen LogP contribution in [0.1, 0.15) is 6.42 Å². The van der Waals surface area contributed by atoms with Crippen molar-refractivity contribution in [2.45, 2.75) is 11.6 Å². The van der Waals surface area contributed by atoms with Gasteiger partial charge in [-0.05, 0) is 18.6 Å². The van der Waals surface area contributed by atoms with Crippen LogP contribution in [-0.4, -0.2) is 31.3 Å². The first-order valence-corrected chi connectivity index (χ1v) is 7.97. The van der Waals surface area contributed by atoms with E-state index in [-0.39, 0.29) is 5.69 Å². The zero-order valence-electron chi connectivity index (χ0n) is 11.1. The first-order valence-electron chi connectivity index (χ1n) is 6.07. The third-order valence-electron chi connectivity index (χ3n) is 2.74. The lowest BCUT2D eigenvalue weighted by molar-refractivity contribution is -0.384. The van der Waals surface area contributed by atoms with E-state index in [0.29, 0.717) is 27.4 Å². The van der Waals surface area contributed by atoms with E-state index < -0.39 is 4.92 Å². The molecule has 2 aromatic rings. The summed E-state index contributed by atoms with van der Waals surface area (Å²) in [4.78, 5) is 10.7. The van der Waals surface area contributed by atoms with E-state index in [1.165, 1.54) is 17.8 Å². The van der Waals surface area contributed by atoms with Gasteiger partial charge in [-0.1, -0.05) is 23.4 Å². The second-order valence-electron chi connectivity index (χ2n) is 4.17. The maximum atomic E-state index is 11.1. The molecule has 0 atom stereocenters. The molecule has 0 saturated carbocycles. The predicted molar refractivity (Wildman–Crippen MR) is 84.2 cm³/mol. The summed E-state index contributed by atoms with van der Waals surface area (Å²) in [5.74, 6) is 1.84. The van der Waals surface area contributed by atoms with Gasteiger partial charge in [0.2, 0.25) is 0 Å². The van der Waals surface area contributed by atoms with Crippen molar-refractivity contribution in [1.82, 2.24) is 14.8 Å². The summed E-state index contributed by atoms with van der Waals surface area (Å²) >= 11 is 13.0. The van der Waals surface area contributed by atoms with Crippen LogP contribution in [0.4, 0.5) is 5.69 Å². The molecule has 1 aromatic heterocycles. The molecule has 9 heteroatoms. The Balaban J connectivity index is 2.37. The molecular weight excluding hydrogens is 335 g/mol. The van der Waals surface area contributed by atoms with Crippen molar-refractivity contribution < 1.29 is 4.92 Å². The third kappa shape index (κ3) is 3.66. The maximum Gasteiger partial charge on any atom is 0.281 e. The Kier molecular flexibility index (Phi) is 5.44. The molecule has 0 aliphatic heterocycles. The van der Waals surface area contributed by atoms with Crippen LogP contribution in [0.25, 0.3) is 11.4 Å². The minimum Gasteiger partial charge on any atom is -0.305 e. The fourth-order valence-electron chi connectivity index (χ4n) is 1.74. The predicted octanol–water partition coefficient (Wildman–Crippen LogP) is 3.76. The Labute approximate surface area is 135 Å². The van der Waals surface area contributed by atoms with Crippen molar-refractivity contribution in [3.05, 3.63) is 33.3 Å². The van der Waals surface area contributed by atoms with Crippen molar-refractivity contribution in [2.75, 3.05) is 11.6 Å². The number of hydrogen-bond acceptors (Lipinski definition) is 5. The van der Waals surface area contributed by atoms with Gasteiger partial charge in [0.25, 0.3) is 5.69 Å². The van der Waals surface area contributed by atoms with Gasteiger partial charge in [-0.2, -0.15) is 0 Å². The summed E-state index contributed by atoms with van der Waals surface area (Å²) in [6.07, 6.45) is 0.857. The molecule has 0 aliphatic carbocycles. The lowest BCUT2D eigenvalue weighted by Gasteiger charge is -2.04. The van der Waals surface area contributed by atoms with Gasteiger partial charge in [0.1, 0.15) is 0 Å². The van der Waals surface area contributed by atoms with E-state index in [9.17, 15) is 10.1 Å². The Morgan fingerprint density at radius 3 is 2.86 bits per heavy atom. The SMILES string of the molecule is Cn1c(SCCCCl)nnc1-c1ccc(Cl)cc1[N+](=O)[O-]. The minimum absolute atomic E-state index is 0.0877. The van der Waals surface area contributed by atoms with Gasteiger partial charge in [0, 0.05) is 29.8 Å². The van der Waals surface area contributed by atoms with Gasteiger partial charge in [0.05, 0.1) is 10.5 Å². The molecular formula is C12H12Cl2N4O2S. The third-order valence-corrected chi connectivity index (χ3v) is 4.35. The summed E-state index contributed by atoms with van der Waals surface area (Å²) in [5, 5.41) is 20.3. The number of alkyl halides is 1. The standard InChI is InChI=1S/C12H12Cl2N4O2S/c1-17-11(15-16-12(17)21-6-2-5-13)9-4-3-8(14)7-10(9)18(19)20/h3-4,7H,2,5-6H2,1H3. The Hall–Kier alpha value is -1.31. The molecule has 0 bridgehead atoms. The van der Waals surface area contributed by atoms with Gasteiger partial charge in [-0.25, -0.2) is 0 Å². The maximum absolute atomic E-state index is 11.1. The molecule has 0 spiro atoms. The summed E-state index contributed by atoms with van der Waals surface area (Å²) < 4.78 is 1.73. The van der Waals surface area contributed by atoms with Crippen molar-refractivity contribution in [3.63, 3.8) is 0 Å². The molecule has 1 aromatic carbocycles. The number of hydrogen-bond donors (Lipinski definition) is 0. The molecule has 0 amide bonds. The molecule has 0 unspecified atom stereocenters. The smallest absolute Gasteiger partial charge is 0.281 e. The number of nitro benzene ring substituents is 1. The number of rotatable bonds is 6. The highest BCUT2D eigenvalue weighted by molar-refractivity contribution is 7.99. The highest BCUT2D eigenvalue weighted by Gasteiger charge is 2.21. The van der Waals surface area contributed by atoms with Crippen LogP contribution in [0.15, 0.2) is 23.4 Å². The lowest BCUT2D eigenvalue weighted by Crippen LogP contribution is -1.99. The van der Waals surface area contributed by atoms with Gasteiger partial charge < -0.3 is 4.57 Å². The van der Waals surface area contributed by atoms with Gasteiger partial charge in [-0.15, -0.1) is 21.8 Å². The van der Waals surface area contributed by atoms with Crippen molar-refractivity contribution in [1.29, 1.82) is 0 Å². The van der Waals surface area contributed by atoms with Crippen LogP contribution < -0.4 is 0 Å². The van der Waals surface area contributed by atoms with Crippen LogP contribution >= 0.6 is 35.0 Å². The van der Waals surface area contributed by atoms with Crippen LogP contribution in [-0.2, 0) is 7.05 Å². The summed E-state index contributed by atoms with van der Waals surface area (Å²) in [5.41, 5.74) is 0.305. The zero-order valence-corrected chi connectivity index (χ0v) is 13.5. The highest BCUT2D eigenvalue weighted by Crippen LogP contribution is 2.32. The second-order valence-corrected chi connectivity index (χ2v) is 6.05. The molecule has 2 rings (SSSR count). The number of benzene rings is 1. The quantitative estimate of drug-likeness (QED) is 0.261. The first-order chi connectivity index (χ1) is 10.0. The molecule has 112 valence electrons. The van der Waals surface area contributed by atoms with E-state index in [0.717, 1.165) is 12.2 Å². The monoisotopic (exact) mass is 346 g/mol. The molecule has 0 N–H and O–H groups in total. The molecule has 6 nitrogen and oxygen atoms in total. The Morgan fingerprint density at radius 2 is 2.19 bits per heavy atom. The number of nitro groups is 1. The van der Waals surface area contributed by atoms with Crippen LogP contribution in [0.2, 0.25) is 5.02 Å². The van der Waals surface area contributed by atoms with E-state index in [1.54, 1.807) is 23.7 Å². The number of aromatic nitrogens is 3. The normalized spacial score (nSPS) is 10.8. The molecule has 0 aliphatic rings. The number of nitrogens with zero attached hydrogens (tertiary/aromatic N) is 4. The average molecular weight is 347 g/mol. The van der Waals surface area contributed by atoms with Crippen LogP contribution in [0.3, 0.4) is 0 Å². The fraction of sp³-hybridized carbons (Fsp3) is 0.333. The molecule has 0 fully saturated rings. The highest BCUT2D eigenvalue weighted by atomic mass is 35.5. The Bertz CT molecular complexity index is 663. The van der Waals surface area contributed by atoms with Gasteiger partial charge >= 0.3 is 0 Å². The fourth-order valence-corrected chi connectivity index (χ4v) is 3.05.